The SMILES string of the molecule is Cc1ccc(C)c(C(c2ccccc2C)N2CCC(C(=O)O)CC2)c1. The van der Waals surface area contributed by atoms with Gasteiger partial charge in [-0.1, -0.05) is 48.0 Å². The first-order valence-electron chi connectivity index (χ1n) is 9.07. The van der Waals surface area contributed by atoms with Crippen LogP contribution in [0.25, 0.3) is 0 Å². The van der Waals surface area contributed by atoms with Crippen LogP contribution in [-0.4, -0.2) is 29.1 Å². The zero-order chi connectivity index (χ0) is 18.0. The van der Waals surface area contributed by atoms with Gasteiger partial charge >= 0.3 is 5.97 Å². The average Bonchev–Trinajstić information content (AvgIpc) is 2.60. The van der Waals surface area contributed by atoms with Crippen molar-refractivity contribution in [2.45, 2.75) is 39.7 Å². The van der Waals surface area contributed by atoms with Crippen molar-refractivity contribution in [3.8, 4) is 0 Å². The molecule has 1 aliphatic rings. The van der Waals surface area contributed by atoms with Gasteiger partial charge in [0.25, 0.3) is 0 Å². The Bertz CT molecular complexity index is 760. The molecule has 1 saturated heterocycles. The molecule has 132 valence electrons. The fourth-order valence-electron chi connectivity index (χ4n) is 3.91. The molecule has 0 amide bonds. The van der Waals surface area contributed by atoms with Crippen molar-refractivity contribution in [2.24, 2.45) is 5.92 Å². The summed E-state index contributed by atoms with van der Waals surface area (Å²) in [6.07, 6.45) is 1.45. The molecule has 1 aliphatic heterocycles. The molecule has 1 fully saturated rings. The normalized spacial score (nSPS) is 17.4. The molecule has 25 heavy (non-hydrogen) atoms. The Morgan fingerprint density at radius 1 is 1.00 bits per heavy atom. The number of hydrogen-bond acceptors (Lipinski definition) is 2. The van der Waals surface area contributed by atoms with E-state index in [1.165, 1.54) is 27.8 Å². The molecule has 1 unspecified atom stereocenters. The number of benzene rings is 2. The molecule has 2 aromatic rings. The Morgan fingerprint density at radius 3 is 2.28 bits per heavy atom. The third-order valence-electron chi connectivity index (χ3n) is 5.46. The number of aryl methyl sites for hydroxylation is 3. The minimum Gasteiger partial charge on any atom is -0.481 e. The van der Waals surface area contributed by atoms with Gasteiger partial charge in [-0.25, -0.2) is 0 Å². The van der Waals surface area contributed by atoms with Gasteiger partial charge in [0.05, 0.1) is 12.0 Å². The van der Waals surface area contributed by atoms with E-state index < -0.39 is 5.97 Å². The molecule has 0 bridgehead atoms. The molecule has 0 aliphatic carbocycles. The summed E-state index contributed by atoms with van der Waals surface area (Å²) >= 11 is 0. The Balaban J connectivity index is 2.00. The van der Waals surface area contributed by atoms with E-state index in [0.29, 0.717) is 0 Å². The van der Waals surface area contributed by atoms with Gasteiger partial charge in [-0.3, -0.25) is 9.69 Å². The van der Waals surface area contributed by atoms with Crippen LogP contribution in [0.3, 0.4) is 0 Å². The van der Waals surface area contributed by atoms with Crippen molar-refractivity contribution in [3.05, 3.63) is 70.3 Å². The molecule has 3 rings (SSSR count). The number of piperidine rings is 1. The van der Waals surface area contributed by atoms with E-state index >= 15 is 0 Å². The maximum Gasteiger partial charge on any atom is 0.306 e. The number of carboxylic acids is 1. The highest BCUT2D eigenvalue weighted by atomic mass is 16.4. The summed E-state index contributed by atoms with van der Waals surface area (Å²) in [7, 11) is 0. The molecule has 0 aromatic heterocycles. The number of nitrogens with zero attached hydrogens (tertiary/aromatic N) is 1. The van der Waals surface area contributed by atoms with Crippen LogP contribution in [0.2, 0.25) is 0 Å². The minimum atomic E-state index is -0.654. The molecular formula is C22H27NO2. The number of carboxylic acid groups (broad SMARTS) is 1. The summed E-state index contributed by atoms with van der Waals surface area (Å²) in [5.74, 6) is -0.855. The van der Waals surface area contributed by atoms with Crippen LogP contribution >= 0.6 is 0 Å². The van der Waals surface area contributed by atoms with Gasteiger partial charge < -0.3 is 5.11 Å². The monoisotopic (exact) mass is 337 g/mol. The van der Waals surface area contributed by atoms with E-state index in [-0.39, 0.29) is 12.0 Å². The van der Waals surface area contributed by atoms with E-state index in [9.17, 15) is 9.90 Å². The molecule has 1 N–H and O–H groups in total. The highest BCUT2D eigenvalue weighted by molar-refractivity contribution is 5.70. The van der Waals surface area contributed by atoms with E-state index in [0.717, 1.165) is 25.9 Å². The molecule has 1 atom stereocenters. The lowest BCUT2D eigenvalue weighted by Gasteiger charge is -2.38. The van der Waals surface area contributed by atoms with Gasteiger partial charge in [-0.05, 0) is 69.0 Å². The van der Waals surface area contributed by atoms with Crippen molar-refractivity contribution >= 4 is 5.97 Å². The van der Waals surface area contributed by atoms with Crippen LogP contribution in [0, 0.1) is 26.7 Å². The molecule has 0 radical (unpaired) electrons. The van der Waals surface area contributed by atoms with Crippen molar-refractivity contribution in [2.75, 3.05) is 13.1 Å². The van der Waals surface area contributed by atoms with Gasteiger partial charge in [0, 0.05) is 0 Å². The Morgan fingerprint density at radius 2 is 1.64 bits per heavy atom. The van der Waals surface area contributed by atoms with Gasteiger partial charge in [0.15, 0.2) is 0 Å². The van der Waals surface area contributed by atoms with Crippen LogP contribution in [0.15, 0.2) is 42.5 Å². The van der Waals surface area contributed by atoms with Gasteiger partial charge in [0.1, 0.15) is 0 Å². The van der Waals surface area contributed by atoms with Gasteiger partial charge in [-0.15, -0.1) is 0 Å². The van der Waals surface area contributed by atoms with E-state index in [1.54, 1.807) is 0 Å². The summed E-state index contributed by atoms with van der Waals surface area (Å²) in [5.41, 5.74) is 6.50. The first kappa shape index (κ1) is 17.7. The lowest BCUT2D eigenvalue weighted by atomic mass is 9.87. The van der Waals surface area contributed by atoms with Crippen molar-refractivity contribution in [3.63, 3.8) is 0 Å². The largest absolute Gasteiger partial charge is 0.481 e. The highest BCUT2D eigenvalue weighted by Gasteiger charge is 2.31. The number of aliphatic carboxylic acids is 1. The van der Waals surface area contributed by atoms with Gasteiger partial charge in [-0.2, -0.15) is 0 Å². The number of carbonyl (C=O) groups is 1. The maximum absolute atomic E-state index is 11.3. The van der Waals surface area contributed by atoms with Crippen LogP contribution in [0.1, 0.15) is 46.7 Å². The second-order valence-electron chi connectivity index (χ2n) is 7.27. The Kier molecular flexibility index (Phi) is 5.24. The molecule has 3 nitrogen and oxygen atoms in total. The van der Waals surface area contributed by atoms with Crippen LogP contribution in [0.4, 0.5) is 0 Å². The highest BCUT2D eigenvalue weighted by Crippen LogP contribution is 2.35. The number of rotatable bonds is 4. The first-order chi connectivity index (χ1) is 12.0. The Labute approximate surface area is 150 Å². The minimum absolute atomic E-state index is 0.191. The smallest absolute Gasteiger partial charge is 0.306 e. The predicted octanol–water partition coefficient (Wildman–Crippen LogP) is 4.50. The number of hydrogen-bond donors (Lipinski definition) is 1. The van der Waals surface area contributed by atoms with E-state index in [4.69, 9.17) is 0 Å². The molecule has 2 aromatic carbocycles. The van der Waals surface area contributed by atoms with Crippen LogP contribution < -0.4 is 0 Å². The van der Waals surface area contributed by atoms with E-state index in [2.05, 4.69) is 68.1 Å². The fourth-order valence-corrected chi connectivity index (χ4v) is 3.91. The summed E-state index contributed by atoms with van der Waals surface area (Å²) < 4.78 is 0. The standard InChI is InChI=1S/C22H27NO2/c1-15-8-9-17(3)20(14-15)21(19-7-5-4-6-16(19)2)23-12-10-18(11-13-23)22(24)25/h4-9,14,18,21H,10-13H2,1-3H3,(H,24,25). The maximum atomic E-state index is 11.3. The first-order valence-corrected chi connectivity index (χ1v) is 9.07. The zero-order valence-electron chi connectivity index (χ0n) is 15.3. The lowest BCUT2D eigenvalue weighted by molar-refractivity contribution is -0.143. The topological polar surface area (TPSA) is 40.5 Å². The molecule has 1 heterocycles. The molecule has 0 spiro atoms. The average molecular weight is 337 g/mol. The predicted molar refractivity (Wildman–Crippen MR) is 101 cm³/mol. The van der Waals surface area contributed by atoms with Crippen LogP contribution in [0.5, 0.6) is 0 Å². The number of likely N-dealkylation sites (tertiary alicyclic amines) is 1. The fraction of sp³-hybridized carbons (Fsp3) is 0.409. The lowest BCUT2D eigenvalue weighted by Crippen LogP contribution is -2.39. The molecular weight excluding hydrogens is 310 g/mol. The van der Waals surface area contributed by atoms with Crippen molar-refractivity contribution in [1.29, 1.82) is 0 Å². The van der Waals surface area contributed by atoms with E-state index in [1.807, 2.05) is 0 Å². The summed E-state index contributed by atoms with van der Waals surface area (Å²) in [4.78, 5) is 13.8. The summed E-state index contributed by atoms with van der Waals surface area (Å²) in [5, 5.41) is 9.30. The molecule has 0 saturated carbocycles. The third-order valence-corrected chi connectivity index (χ3v) is 5.46. The van der Waals surface area contributed by atoms with Crippen molar-refractivity contribution < 1.29 is 9.90 Å². The molecule has 3 heteroatoms. The summed E-state index contributed by atoms with van der Waals surface area (Å²) in [6.45, 7) is 8.11. The van der Waals surface area contributed by atoms with Gasteiger partial charge in [0.2, 0.25) is 0 Å². The summed E-state index contributed by atoms with van der Waals surface area (Å²) in [6, 6.07) is 15.4. The Hall–Kier alpha value is -2.13. The second kappa shape index (κ2) is 7.40. The quantitative estimate of drug-likeness (QED) is 0.893. The van der Waals surface area contributed by atoms with Crippen LogP contribution in [-0.2, 0) is 4.79 Å². The zero-order valence-corrected chi connectivity index (χ0v) is 15.3. The third kappa shape index (κ3) is 3.77. The second-order valence-corrected chi connectivity index (χ2v) is 7.27. The van der Waals surface area contributed by atoms with Crippen molar-refractivity contribution in [1.82, 2.24) is 4.90 Å².